The molecule has 0 heterocycles. The molecular weight excluding hydrogens is 156 g/mol. The molecule has 0 heteroatoms. The fraction of sp³-hybridized carbons (Fsp3) is 0.231. The molecule has 0 rings (SSSR count). The summed E-state index contributed by atoms with van der Waals surface area (Å²) < 4.78 is 0. The first-order valence-electron chi connectivity index (χ1n) is 4.32. The number of allylic oxidation sites excluding steroid dienone is 7. The van der Waals surface area contributed by atoms with Crippen LogP contribution in [0.15, 0.2) is 60.3 Å². The zero-order valence-electron chi connectivity index (χ0n) is 8.85. The van der Waals surface area contributed by atoms with E-state index >= 15 is 0 Å². The molecule has 0 aliphatic carbocycles. The van der Waals surface area contributed by atoms with E-state index in [1.54, 1.807) is 6.08 Å². The van der Waals surface area contributed by atoms with Crippen LogP contribution in [0.25, 0.3) is 0 Å². The van der Waals surface area contributed by atoms with Crippen LogP contribution in [0.5, 0.6) is 0 Å². The predicted octanol–water partition coefficient (Wildman–Crippen LogP) is 4.20. The first kappa shape index (κ1) is 11.7. The molecule has 70 valence electrons. The van der Waals surface area contributed by atoms with E-state index in [2.05, 4.69) is 46.6 Å². The van der Waals surface area contributed by atoms with Crippen LogP contribution < -0.4 is 0 Å². The topological polar surface area (TPSA) is 0 Å². The highest BCUT2D eigenvalue weighted by atomic mass is 14.0. The zero-order valence-corrected chi connectivity index (χ0v) is 8.85. The Morgan fingerprint density at radius 2 is 1.54 bits per heavy atom. The van der Waals surface area contributed by atoms with Gasteiger partial charge >= 0.3 is 0 Å². The molecule has 0 N–H and O–H groups in total. The van der Waals surface area contributed by atoms with Gasteiger partial charge in [0.2, 0.25) is 0 Å². The molecule has 0 aromatic heterocycles. The van der Waals surface area contributed by atoms with Crippen molar-refractivity contribution in [2.45, 2.75) is 20.8 Å². The van der Waals surface area contributed by atoms with Crippen molar-refractivity contribution in [3.8, 4) is 0 Å². The lowest BCUT2D eigenvalue weighted by molar-refractivity contribution is 1.32. The van der Waals surface area contributed by atoms with Crippen LogP contribution in [0.1, 0.15) is 20.8 Å². The van der Waals surface area contributed by atoms with Crippen LogP contribution >= 0.6 is 0 Å². The average molecular weight is 174 g/mol. The largest absolute Gasteiger partial charge is 0.0985 e. The molecule has 0 radical (unpaired) electrons. The average Bonchev–Trinajstić information content (AvgIpc) is 2.03. The van der Waals surface area contributed by atoms with Gasteiger partial charge in [0.1, 0.15) is 0 Å². The van der Waals surface area contributed by atoms with Gasteiger partial charge in [-0.15, -0.1) is 0 Å². The molecule has 0 saturated heterocycles. The first-order valence-corrected chi connectivity index (χ1v) is 4.32. The van der Waals surface area contributed by atoms with Gasteiger partial charge in [0, 0.05) is 0 Å². The maximum atomic E-state index is 3.90. The summed E-state index contributed by atoms with van der Waals surface area (Å²) in [5.74, 6) is 0. The van der Waals surface area contributed by atoms with Crippen LogP contribution in [-0.2, 0) is 0 Å². The molecule has 0 fully saturated rings. The van der Waals surface area contributed by atoms with Gasteiger partial charge in [0.25, 0.3) is 0 Å². The van der Waals surface area contributed by atoms with Crippen LogP contribution in [0, 0.1) is 0 Å². The minimum absolute atomic E-state index is 0.921. The van der Waals surface area contributed by atoms with E-state index in [-0.39, 0.29) is 0 Å². The summed E-state index contributed by atoms with van der Waals surface area (Å²) in [6.45, 7) is 17.5. The van der Waals surface area contributed by atoms with E-state index in [1.165, 1.54) is 11.1 Å². The number of hydrogen-bond acceptors (Lipinski definition) is 0. The Morgan fingerprint density at radius 1 is 1.00 bits per heavy atom. The highest BCUT2D eigenvalue weighted by Gasteiger charge is 1.97. The third-order valence-corrected chi connectivity index (χ3v) is 1.73. The lowest BCUT2D eigenvalue weighted by Crippen LogP contribution is -1.85. The van der Waals surface area contributed by atoms with Crippen LogP contribution in [0.2, 0.25) is 0 Å². The summed E-state index contributed by atoms with van der Waals surface area (Å²) >= 11 is 0. The van der Waals surface area contributed by atoms with Gasteiger partial charge in [-0.1, -0.05) is 43.5 Å². The van der Waals surface area contributed by atoms with Gasteiger partial charge in [-0.05, 0) is 37.5 Å². The third kappa shape index (κ3) is 3.75. The highest BCUT2D eigenvalue weighted by Crippen LogP contribution is 2.17. The molecule has 0 aliphatic heterocycles. The minimum atomic E-state index is 0.921. The highest BCUT2D eigenvalue weighted by molar-refractivity contribution is 5.49. The molecule has 0 aromatic rings. The maximum Gasteiger partial charge on any atom is -0.0167 e. The fourth-order valence-electron chi connectivity index (χ4n) is 1.17. The quantitative estimate of drug-likeness (QED) is 0.560. The van der Waals surface area contributed by atoms with Gasteiger partial charge in [-0.3, -0.25) is 0 Å². The van der Waals surface area contributed by atoms with Gasteiger partial charge < -0.3 is 0 Å². The van der Waals surface area contributed by atoms with Gasteiger partial charge in [0.15, 0.2) is 0 Å². The molecule has 0 atom stereocenters. The summed E-state index contributed by atoms with van der Waals surface area (Å²) in [6, 6.07) is 0. The van der Waals surface area contributed by atoms with Crippen molar-refractivity contribution in [3.63, 3.8) is 0 Å². The predicted molar refractivity (Wildman–Crippen MR) is 61.7 cm³/mol. The van der Waals surface area contributed by atoms with E-state index in [0.29, 0.717) is 0 Å². The molecule has 0 bridgehead atoms. The van der Waals surface area contributed by atoms with Crippen molar-refractivity contribution in [2.24, 2.45) is 0 Å². The molecule has 0 unspecified atom stereocenters. The van der Waals surface area contributed by atoms with Crippen molar-refractivity contribution in [1.29, 1.82) is 0 Å². The second kappa shape index (κ2) is 5.36. The molecule has 0 amide bonds. The second-order valence-electron chi connectivity index (χ2n) is 3.25. The number of hydrogen-bond donors (Lipinski definition) is 0. The lowest BCUT2D eigenvalue weighted by atomic mass is 10.0. The van der Waals surface area contributed by atoms with Gasteiger partial charge in [0.05, 0.1) is 0 Å². The summed E-state index contributed by atoms with van der Waals surface area (Å²) in [5, 5.41) is 0. The summed E-state index contributed by atoms with van der Waals surface area (Å²) in [7, 11) is 0. The van der Waals surface area contributed by atoms with Crippen molar-refractivity contribution in [3.05, 3.63) is 60.3 Å². The normalized spacial score (nSPS) is 11.3. The summed E-state index contributed by atoms with van der Waals surface area (Å²) in [6.07, 6.45) is 5.68. The second-order valence-corrected chi connectivity index (χ2v) is 3.25. The molecule has 0 aliphatic rings. The molecule has 13 heavy (non-hydrogen) atoms. The summed E-state index contributed by atoms with van der Waals surface area (Å²) in [5.41, 5.74) is 4.44. The van der Waals surface area contributed by atoms with E-state index in [0.717, 1.165) is 11.1 Å². The molecule has 0 spiro atoms. The third-order valence-electron chi connectivity index (χ3n) is 1.73. The Labute approximate surface area is 81.7 Å². The smallest absolute Gasteiger partial charge is 0.0167 e. The molecular formula is C13H18. The van der Waals surface area contributed by atoms with Crippen LogP contribution in [0.4, 0.5) is 0 Å². The Bertz CT molecular complexity index is 281. The number of rotatable bonds is 4. The minimum Gasteiger partial charge on any atom is -0.0985 e. The fourth-order valence-corrected chi connectivity index (χ4v) is 1.17. The van der Waals surface area contributed by atoms with Crippen molar-refractivity contribution < 1.29 is 0 Å². The Balaban J connectivity index is 5.13. The summed E-state index contributed by atoms with van der Waals surface area (Å²) in [4.78, 5) is 0. The van der Waals surface area contributed by atoms with E-state index < -0.39 is 0 Å². The zero-order chi connectivity index (χ0) is 10.4. The monoisotopic (exact) mass is 174 g/mol. The van der Waals surface area contributed by atoms with Crippen molar-refractivity contribution >= 4 is 0 Å². The molecule has 0 aromatic carbocycles. The van der Waals surface area contributed by atoms with Gasteiger partial charge in [-0.25, -0.2) is 0 Å². The standard InChI is InChI=1S/C13H18/c1-7-11(5)13(8-2)12(6)9-10(3)4/h7-9H,1-2,5H2,3-4,6H3/b13-12+. The lowest BCUT2D eigenvalue weighted by Gasteiger charge is -2.04. The maximum absolute atomic E-state index is 3.90. The van der Waals surface area contributed by atoms with Crippen LogP contribution in [-0.4, -0.2) is 0 Å². The Hall–Kier alpha value is -1.30. The first-order chi connectivity index (χ1) is 6.02. The Morgan fingerprint density at radius 3 is 1.85 bits per heavy atom. The molecule has 0 saturated carbocycles. The Kier molecular flexibility index (Phi) is 4.83. The SMILES string of the molecule is C=CC(=C)/C(C=C)=C(\C)C=C(C)C. The van der Waals surface area contributed by atoms with Crippen LogP contribution in [0.3, 0.4) is 0 Å². The van der Waals surface area contributed by atoms with Crippen molar-refractivity contribution in [1.82, 2.24) is 0 Å². The van der Waals surface area contributed by atoms with E-state index in [1.807, 2.05) is 6.08 Å². The van der Waals surface area contributed by atoms with Crippen molar-refractivity contribution in [2.75, 3.05) is 0 Å². The van der Waals surface area contributed by atoms with Gasteiger partial charge in [-0.2, -0.15) is 0 Å². The molecule has 0 nitrogen and oxygen atoms in total. The van der Waals surface area contributed by atoms with E-state index in [4.69, 9.17) is 0 Å². The van der Waals surface area contributed by atoms with E-state index in [9.17, 15) is 0 Å².